The average Bonchev–Trinajstić information content (AvgIpc) is 3.44. The van der Waals surface area contributed by atoms with Crippen LogP contribution in [0.2, 0.25) is 0 Å². The van der Waals surface area contributed by atoms with Crippen molar-refractivity contribution < 1.29 is 13.9 Å². The Bertz CT molecular complexity index is 964. The van der Waals surface area contributed by atoms with E-state index in [1.54, 1.807) is 19.2 Å². The van der Waals surface area contributed by atoms with Crippen LogP contribution in [-0.2, 0) is 0 Å². The van der Waals surface area contributed by atoms with Crippen molar-refractivity contribution in [3.05, 3.63) is 66.4 Å². The zero-order chi connectivity index (χ0) is 20.2. The summed E-state index contributed by atoms with van der Waals surface area (Å²) in [5, 5.41) is 6.22. The van der Waals surface area contributed by atoms with E-state index in [0.717, 1.165) is 36.5 Å². The fourth-order valence-electron chi connectivity index (χ4n) is 3.55. The Morgan fingerprint density at radius 2 is 1.83 bits per heavy atom. The number of ether oxygens (including phenoxy) is 1. The molecule has 150 valence electrons. The van der Waals surface area contributed by atoms with Crippen molar-refractivity contribution in [2.75, 3.05) is 37.5 Å². The summed E-state index contributed by atoms with van der Waals surface area (Å²) in [7, 11) is 3.63. The second kappa shape index (κ2) is 8.41. The third-order valence-electron chi connectivity index (χ3n) is 5.29. The number of nitrogens with one attached hydrogen (secondary N) is 2. The van der Waals surface area contributed by atoms with Gasteiger partial charge in [0.05, 0.1) is 7.11 Å². The number of hydrogen-bond acceptors (Lipinski definition) is 5. The van der Waals surface area contributed by atoms with Crippen LogP contribution in [0.4, 0.5) is 11.4 Å². The van der Waals surface area contributed by atoms with Gasteiger partial charge in [0.1, 0.15) is 11.5 Å². The van der Waals surface area contributed by atoms with Gasteiger partial charge in [0, 0.05) is 36.1 Å². The highest BCUT2D eigenvalue weighted by atomic mass is 16.5. The van der Waals surface area contributed by atoms with Crippen LogP contribution in [0.5, 0.6) is 5.75 Å². The van der Waals surface area contributed by atoms with E-state index in [2.05, 4.69) is 15.5 Å². The van der Waals surface area contributed by atoms with Crippen LogP contribution >= 0.6 is 0 Å². The summed E-state index contributed by atoms with van der Waals surface area (Å²) in [6.07, 6.45) is 1.14. The van der Waals surface area contributed by atoms with Gasteiger partial charge in [-0.1, -0.05) is 0 Å². The number of methoxy groups -OCH3 is 1. The Morgan fingerprint density at radius 3 is 2.48 bits per heavy atom. The molecule has 1 unspecified atom stereocenters. The van der Waals surface area contributed by atoms with Crippen molar-refractivity contribution in [1.29, 1.82) is 0 Å². The molecule has 1 saturated heterocycles. The Morgan fingerprint density at radius 1 is 1.07 bits per heavy atom. The lowest BCUT2D eigenvalue weighted by molar-refractivity contribution is 0.0997. The van der Waals surface area contributed by atoms with E-state index >= 15 is 0 Å². The van der Waals surface area contributed by atoms with Crippen molar-refractivity contribution in [3.8, 4) is 17.1 Å². The summed E-state index contributed by atoms with van der Waals surface area (Å²) in [5.41, 5.74) is 2.80. The molecule has 6 nitrogen and oxygen atoms in total. The van der Waals surface area contributed by atoms with Crippen LogP contribution < -0.4 is 20.3 Å². The van der Waals surface area contributed by atoms with Gasteiger partial charge in [0.2, 0.25) is 0 Å². The van der Waals surface area contributed by atoms with Crippen molar-refractivity contribution >= 4 is 17.3 Å². The quantitative estimate of drug-likeness (QED) is 0.665. The summed E-state index contributed by atoms with van der Waals surface area (Å²) >= 11 is 0. The number of anilines is 2. The number of carbonyl (C=O) groups excluding carboxylic acids is 1. The number of hydrogen-bond donors (Lipinski definition) is 2. The van der Waals surface area contributed by atoms with Gasteiger partial charge < -0.3 is 24.7 Å². The van der Waals surface area contributed by atoms with E-state index < -0.39 is 0 Å². The van der Waals surface area contributed by atoms with E-state index in [9.17, 15) is 4.79 Å². The van der Waals surface area contributed by atoms with Gasteiger partial charge in [-0.25, -0.2) is 0 Å². The number of rotatable bonds is 6. The Hall–Kier alpha value is -3.25. The van der Waals surface area contributed by atoms with E-state index in [0.29, 0.717) is 11.8 Å². The molecule has 1 fully saturated rings. The molecule has 2 N–H and O–H groups in total. The number of furan rings is 1. The summed E-state index contributed by atoms with van der Waals surface area (Å²) in [4.78, 5) is 14.9. The fraction of sp³-hybridized carbons (Fsp3) is 0.261. The smallest absolute Gasteiger partial charge is 0.291 e. The lowest BCUT2D eigenvalue weighted by Crippen LogP contribution is -2.29. The zero-order valence-electron chi connectivity index (χ0n) is 16.6. The number of benzene rings is 2. The highest BCUT2D eigenvalue weighted by Crippen LogP contribution is 2.26. The Labute approximate surface area is 170 Å². The predicted octanol–water partition coefficient (Wildman–Crippen LogP) is 4.01. The zero-order valence-corrected chi connectivity index (χ0v) is 16.6. The van der Waals surface area contributed by atoms with Crippen molar-refractivity contribution in [1.82, 2.24) is 5.32 Å². The van der Waals surface area contributed by atoms with Gasteiger partial charge in [-0.05, 0) is 74.1 Å². The molecular weight excluding hydrogens is 366 g/mol. The lowest BCUT2D eigenvalue weighted by atomic mass is 10.2. The first-order chi connectivity index (χ1) is 14.2. The molecule has 2 aromatic carbocycles. The standard InChI is InChI=1S/C23H25N3O3/c1-24-18-13-14-26(15-18)19-7-5-17(6-8-19)25-23(27)22-12-11-21(29-22)16-3-9-20(28-2)10-4-16/h3-12,18,24H,13-15H2,1-2H3,(H,25,27). The maximum atomic E-state index is 12.5. The van der Waals surface area contributed by atoms with Crippen molar-refractivity contribution in [2.24, 2.45) is 0 Å². The monoisotopic (exact) mass is 391 g/mol. The summed E-state index contributed by atoms with van der Waals surface area (Å²) in [6.45, 7) is 2.04. The molecule has 1 amide bonds. The minimum Gasteiger partial charge on any atom is -0.497 e. The minimum absolute atomic E-state index is 0.270. The minimum atomic E-state index is -0.270. The van der Waals surface area contributed by atoms with Crippen LogP contribution in [0.15, 0.2) is 65.1 Å². The summed E-state index contributed by atoms with van der Waals surface area (Å²) in [5.74, 6) is 1.42. The molecule has 1 aliphatic heterocycles. The Kier molecular flexibility index (Phi) is 5.53. The third kappa shape index (κ3) is 4.27. The fourth-order valence-corrected chi connectivity index (χ4v) is 3.55. The third-order valence-corrected chi connectivity index (χ3v) is 5.29. The second-order valence-corrected chi connectivity index (χ2v) is 7.11. The molecule has 0 saturated carbocycles. The number of nitrogens with zero attached hydrogens (tertiary/aromatic N) is 1. The summed E-state index contributed by atoms with van der Waals surface area (Å²) < 4.78 is 10.9. The first kappa shape index (κ1) is 19.1. The molecule has 1 aromatic heterocycles. The molecule has 0 aliphatic carbocycles. The molecule has 3 aromatic rings. The molecule has 4 rings (SSSR count). The van der Waals surface area contributed by atoms with Gasteiger partial charge in [0.15, 0.2) is 5.76 Å². The van der Waals surface area contributed by atoms with E-state index in [1.165, 1.54) is 5.69 Å². The molecule has 6 heteroatoms. The highest BCUT2D eigenvalue weighted by molar-refractivity contribution is 6.02. The number of likely N-dealkylation sites (N-methyl/N-ethyl adjacent to an activating group) is 1. The van der Waals surface area contributed by atoms with Crippen LogP contribution in [0, 0.1) is 0 Å². The van der Waals surface area contributed by atoms with E-state index in [-0.39, 0.29) is 11.7 Å². The molecule has 29 heavy (non-hydrogen) atoms. The first-order valence-electron chi connectivity index (χ1n) is 9.74. The average molecular weight is 391 g/mol. The van der Waals surface area contributed by atoms with E-state index in [1.807, 2.05) is 55.6 Å². The van der Waals surface area contributed by atoms with Crippen molar-refractivity contribution in [2.45, 2.75) is 12.5 Å². The molecule has 0 radical (unpaired) electrons. The van der Waals surface area contributed by atoms with Crippen LogP contribution in [0.25, 0.3) is 11.3 Å². The van der Waals surface area contributed by atoms with Gasteiger partial charge >= 0.3 is 0 Å². The molecule has 0 spiro atoms. The SMILES string of the molecule is CNC1CCN(c2ccc(NC(=O)c3ccc(-c4ccc(OC)cc4)o3)cc2)C1. The molecular formula is C23H25N3O3. The molecule has 0 bridgehead atoms. The summed E-state index contributed by atoms with van der Waals surface area (Å²) in [6, 6.07) is 19.5. The predicted molar refractivity (Wildman–Crippen MR) is 115 cm³/mol. The lowest BCUT2D eigenvalue weighted by Gasteiger charge is -2.19. The van der Waals surface area contributed by atoms with Gasteiger partial charge in [0.25, 0.3) is 5.91 Å². The van der Waals surface area contributed by atoms with Gasteiger partial charge in [-0.2, -0.15) is 0 Å². The molecule has 2 heterocycles. The number of carbonyl (C=O) groups is 1. The molecule has 1 atom stereocenters. The van der Waals surface area contributed by atoms with E-state index in [4.69, 9.17) is 9.15 Å². The Balaban J connectivity index is 1.40. The largest absolute Gasteiger partial charge is 0.497 e. The molecule has 1 aliphatic rings. The van der Waals surface area contributed by atoms with Crippen LogP contribution in [-0.4, -0.2) is 39.2 Å². The topological polar surface area (TPSA) is 66.7 Å². The second-order valence-electron chi connectivity index (χ2n) is 7.11. The van der Waals surface area contributed by atoms with Crippen LogP contribution in [0.3, 0.4) is 0 Å². The maximum Gasteiger partial charge on any atom is 0.291 e. The number of amides is 1. The normalized spacial score (nSPS) is 16.1. The van der Waals surface area contributed by atoms with Crippen LogP contribution in [0.1, 0.15) is 17.0 Å². The highest BCUT2D eigenvalue weighted by Gasteiger charge is 2.21. The van der Waals surface area contributed by atoms with Gasteiger partial charge in [-0.15, -0.1) is 0 Å². The first-order valence-corrected chi connectivity index (χ1v) is 9.74. The van der Waals surface area contributed by atoms with Crippen molar-refractivity contribution in [3.63, 3.8) is 0 Å². The van der Waals surface area contributed by atoms with Gasteiger partial charge in [-0.3, -0.25) is 4.79 Å². The maximum absolute atomic E-state index is 12.5.